The first kappa shape index (κ1) is 22.8. The molecule has 5 nitrogen and oxygen atoms in total. The van der Waals surface area contributed by atoms with E-state index in [0.717, 1.165) is 24.2 Å². The maximum absolute atomic E-state index is 12.2. The predicted molar refractivity (Wildman–Crippen MR) is 122 cm³/mol. The number of amides is 1. The molecule has 31 heavy (non-hydrogen) atoms. The van der Waals surface area contributed by atoms with Crippen LogP contribution < -0.4 is 0 Å². The molecule has 1 unspecified atom stereocenters. The van der Waals surface area contributed by atoms with E-state index in [4.69, 9.17) is 5.11 Å². The van der Waals surface area contributed by atoms with Crippen LogP contribution in [0.25, 0.3) is 0 Å². The maximum Gasteiger partial charge on any atom is 0.345 e. The lowest BCUT2D eigenvalue weighted by Crippen LogP contribution is -2.32. The molecule has 162 valence electrons. The molecule has 2 N–H and O–H groups in total. The second kappa shape index (κ2) is 10.9. The van der Waals surface area contributed by atoms with Crippen LogP contribution in [0.3, 0.4) is 0 Å². The zero-order chi connectivity index (χ0) is 22.2. The van der Waals surface area contributed by atoms with Crippen molar-refractivity contribution in [3.05, 3.63) is 69.9 Å². The van der Waals surface area contributed by atoms with Crippen LogP contribution in [0.15, 0.2) is 54.6 Å². The van der Waals surface area contributed by atoms with Crippen LogP contribution in [-0.2, 0) is 11.2 Å². The van der Waals surface area contributed by atoms with Crippen LogP contribution in [0.5, 0.6) is 0 Å². The molecule has 0 spiro atoms. The number of carboxylic acid groups (broad SMARTS) is 1. The van der Waals surface area contributed by atoms with Crippen molar-refractivity contribution in [3.8, 4) is 11.8 Å². The quantitative estimate of drug-likeness (QED) is 0.484. The lowest BCUT2D eigenvalue weighted by atomic mass is 9.95. The van der Waals surface area contributed by atoms with Crippen molar-refractivity contribution in [2.24, 2.45) is 5.92 Å². The van der Waals surface area contributed by atoms with E-state index in [1.54, 1.807) is 17.0 Å². The van der Waals surface area contributed by atoms with Gasteiger partial charge in [0.05, 0.1) is 23.6 Å². The van der Waals surface area contributed by atoms with Gasteiger partial charge in [-0.1, -0.05) is 61.2 Å². The lowest BCUT2D eigenvalue weighted by molar-refractivity contribution is -0.127. The maximum atomic E-state index is 12.2. The van der Waals surface area contributed by atoms with Crippen molar-refractivity contribution < 1.29 is 19.8 Å². The lowest BCUT2D eigenvalue weighted by Gasteiger charge is -2.21. The molecule has 2 heterocycles. The highest BCUT2D eigenvalue weighted by Crippen LogP contribution is 2.21. The van der Waals surface area contributed by atoms with E-state index in [1.807, 2.05) is 31.2 Å². The highest BCUT2D eigenvalue weighted by Gasteiger charge is 2.28. The summed E-state index contributed by atoms with van der Waals surface area (Å²) in [6, 6.07) is 13.4. The van der Waals surface area contributed by atoms with Gasteiger partial charge in [0, 0.05) is 6.42 Å². The minimum absolute atomic E-state index is 0.0490. The molecule has 0 saturated carbocycles. The fourth-order valence-corrected chi connectivity index (χ4v) is 4.25. The van der Waals surface area contributed by atoms with E-state index in [0.29, 0.717) is 17.7 Å². The largest absolute Gasteiger partial charge is 0.477 e. The topological polar surface area (TPSA) is 77.8 Å². The highest BCUT2D eigenvalue weighted by atomic mass is 32.1. The van der Waals surface area contributed by atoms with Gasteiger partial charge >= 0.3 is 5.97 Å². The normalized spacial score (nSPS) is 18.1. The Morgan fingerprint density at radius 3 is 2.77 bits per heavy atom. The SMILES string of the molecule is C[C@@H](CCc1ccccc1)[C@H](O)C=CC1CCC(=O)N1CC#Cc1ccc(C(=O)O)s1. The summed E-state index contributed by atoms with van der Waals surface area (Å²) < 4.78 is 0. The van der Waals surface area contributed by atoms with E-state index in [1.165, 1.54) is 11.6 Å². The number of nitrogens with zero attached hydrogens (tertiary/aromatic N) is 1. The second-order valence-electron chi connectivity index (χ2n) is 7.78. The first-order chi connectivity index (χ1) is 14.9. The van der Waals surface area contributed by atoms with Crippen molar-refractivity contribution in [2.75, 3.05) is 6.54 Å². The number of aryl methyl sites for hydroxylation is 1. The van der Waals surface area contributed by atoms with Gasteiger partial charge in [0.1, 0.15) is 4.88 Å². The molecule has 0 aliphatic carbocycles. The Hall–Kier alpha value is -2.88. The molecule has 0 bridgehead atoms. The highest BCUT2D eigenvalue weighted by molar-refractivity contribution is 7.14. The van der Waals surface area contributed by atoms with Crippen LogP contribution in [-0.4, -0.2) is 45.7 Å². The molecular weight excluding hydrogens is 410 g/mol. The third-order valence-electron chi connectivity index (χ3n) is 5.50. The third kappa shape index (κ3) is 6.55. The molecule has 3 atom stereocenters. The summed E-state index contributed by atoms with van der Waals surface area (Å²) in [4.78, 5) is 25.8. The molecule has 1 aliphatic heterocycles. The number of aliphatic hydroxyl groups is 1. The summed E-state index contributed by atoms with van der Waals surface area (Å²) in [6.45, 7) is 2.32. The molecule has 2 aromatic rings. The van der Waals surface area contributed by atoms with Crippen LogP contribution in [0.2, 0.25) is 0 Å². The number of aliphatic hydroxyl groups excluding tert-OH is 1. The summed E-state index contributed by atoms with van der Waals surface area (Å²) in [6.07, 6.45) is 6.15. The van der Waals surface area contributed by atoms with Gasteiger partial charge in [-0.2, -0.15) is 0 Å². The van der Waals surface area contributed by atoms with Crippen molar-refractivity contribution in [1.82, 2.24) is 4.90 Å². The Morgan fingerprint density at radius 2 is 2.06 bits per heavy atom. The zero-order valence-electron chi connectivity index (χ0n) is 17.5. The fraction of sp³-hybridized carbons (Fsp3) is 0.360. The van der Waals surface area contributed by atoms with Gasteiger partial charge in [-0.3, -0.25) is 4.79 Å². The van der Waals surface area contributed by atoms with E-state index in [2.05, 4.69) is 24.0 Å². The molecule has 6 heteroatoms. The van der Waals surface area contributed by atoms with Gasteiger partial charge in [-0.05, 0) is 42.9 Å². The third-order valence-corrected chi connectivity index (χ3v) is 6.49. The monoisotopic (exact) mass is 437 g/mol. The number of aromatic carboxylic acids is 1. The first-order valence-corrected chi connectivity index (χ1v) is 11.3. The number of carboxylic acids is 1. The van der Waals surface area contributed by atoms with Crippen molar-refractivity contribution in [3.63, 3.8) is 0 Å². The molecule has 0 radical (unpaired) electrons. The molecule has 1 aromatic carbocycles. The summed E-state index contributed by atoms with van der Waals surface area (Å²) in [7, 11) is 0. The standard InChI is InChI=1S/C25H27NO4S/c1-18(9-10-19-6-3-2-4-7-19)22(27)14-11-20-12-16-24(28)26(20)17-5-8-21-13-15-23(31-21)25(29)30/h2-4,6-7,11,13-15,18,20,22,27H,9-10,12,16-17H2,1H3,(H,29,30)/t18-,20?,22+/m0/s1. The Balaban J connectivity index is 1.53. The van der Waals surface area contributed by atoms with E-state index in [9.17, 15) is 14.7 Å². The Morgan fingerprint density at radius 1 is 1.29 bits per heavy atom. The van der Waals surface area contributed by atoms with Crippen molar-refractivity contribution in [2.45, 2.75) is 44.8 Å². The minimum atomic E-state index is -0.963. The summed E-state index contributed by atoms with van der Waals surface area (Å²) in [5, 5.41) is 19.5. The number of rotatable bonds is 8. The smallest absolute Gasteiger partial charge is 0.345 e. The average Bonchev–Trinajstić information content (AvgIpc) is 3.38. The number of benzene rings is 1. The van der Waals surface area contributed by atoms with Crippen LogP contribution in [0.4, 0.5) is 0 Å². The van der Waals surface area contributed by atoms with Gasteiger partial charge < -0.3 is 15.1 Å². The van der Waals surface area contributed by atoms with E-state index in [-0.39, 0.29) is 29.3 Å². The Kier molecular flexibility index (Phi) is 8.05. The first-order valence-electron chi connectivity index (χ1n) is 10.5. The molecule has 1 aromatic heterocycles. The number of hydrogen-bond donors (Lipinski definition) is 2. The molecule has 1 amide bonds. The fourth-order valence-electron chi connectivity index (χ4n) is 3.53. The van der Waals surface area contributed by atoms with Gasteiger partial charge in [-0.25, -0.2) is 4.79 Å². The Labute approximate surface area is 187 Å². The summed E-state index contributed by atoms with van der Waals surface area (Å²) in [5.41, 5.74) is 1.26. The predicted octanol–water partition coefficient (Wildman–Crippen LogP) is 3.97. The average molecular weight is 438 g/mol. The van der Waals surface area contributed by atoms with Gasteiger partial charge in [-0.15, -0.1) is 11.3 Å². The zero-order valence-corrected chi connectivity index (χ0v) is 18.3. The van der Waals surface area contributed by atoms with Gasteiger partial charge in [0.2, 0.25) is 5.91 Å². The van der Waals surface area contributed by atoms with Crippen LogP contribution in [0, 0.1) is 17.8 Å². The van der Waals surface area contributed by atoms with E-state index < -0.39 is 12.1 Å². The minimum Gasteiger partial charge on any atom is -0.477 e. The number of carbonyl (C=O) groups is 2. The number of hydrogen-bond acceptors (Lipinski definition) is 4. The number of thiophene rings is 1. The molecular formula is C25H27NO4S. The molecule has 1 aliphatic rings. The molecule has 1 saturated heterocycles. The summed E-state index contributed by atoms with van der Waals surface area (Å²) in [5.74, 6) is 5.12. The summed E-state index contributed by atoms with van der Waals surface area (Å²) >= 11 is 1.12. The number of carbonyl (C=O) groups excluding carboxylic acids is 1. The molecule has 3 rings (SSSR count). The van der Waals surface area contributed by atoms with Crippen LogP contribution >= 0.6 is 11.3 Å². The van der Waals surface area contributed by atoms with Crippen LogP contribution in [0.1, 0.15) is 46.3 Å². The molecule has 1 fully saturated rings. The second-order valence-corrected chi connectivity index (χ2v) is 8.86. The van der Waals surface area contributed by atoms with Crippen molar-refractivity contribution >= 4 is 23.2 Å². The van der Waals surface area contributed by atoms with Crippen molar-refractivity contribution in [1.29, 1.82) is 0 Å². The van der Waals surface area contributed by atoms with Gasteiger partial charge in [0.25, 0.3) is 0 Å². The van der Waals surface area contributed by atoms with Gasteiger partial charge in [0.15, 0.2) is 0 Å². The Bertz CT molecular complexity index is 986. The number of likely N-dealkylation sites (tertiary alicyclic amines) is 1. The van der Waals surface area contributed by atoms with E-state index >= 15 is 0 Å².